The van der Waals surface area contributed by atoms with Crippen LogP contribution in [0.5, 0.6) is 11.5 Å². The van der Waals surface area contributed by atoms with Crippen molar-refractivity contribution in [3.63, 3.8) is 0 Å². The van der Waals surface area contributed by atoms with Crippen molar-refractivity contribution in [1.29, 1.82) is 0 Å². The summed E-state index contributed by atoms with van der Waals surface area (Å²) >= 11 is 6.20. The topological polar surface area (TPSA) is 31.4 Å². The molecule has 3 nitrogen and oxygen atoms in total. The van der Waals surface area contributed by atoms with Crippen LogP contribution in [-0.2, 0) is 6.42 Å². The van der Waals surface area contributed by atoms with Crippen molar-refractivity contribution < 1.29 is 9.47 Å². The minimum atomic E-state index is 0.514. The Kier molecular flexibility index (Phi) is 12.0. The second kappa shape index (κ2) is 16.2. The number of fused-ring (bicyclic) bond motifs is 1. The van der Waals surface area contributed by atoms with Gasteiger partial charge in [0.15, 0.2) is 0 Å². The van der Waals surface area contributed by atoms with Crippen LogP contribution in [0.4, 0.5) is 0 Å². The Bertz CT molecular complexity index is 1250. The van der Waals surface area contributed by atoms with E-state index in [1.165, 1.54) is 61.6 Å². The smallest absolute Gasteiger partial charge is 0.145 e. The van der Waals surface area contributed by atoms with Gasteiger partial charge in [-0.1, -0.05) is 111 Å². The monoisotopic (exact) mass is 543 g/mol. The van der Waals surface area contributed by atoms with Crippen molar-refractivity contribution in [3.05, 3.63) is 89.7 Å². The molecule has 0 atom stereocenters. The Morgan fingerprint density at radius 1 is 0.615 bits per heavy atom. The van der Waals surface area contributed by atoms with E-state index in [2.05, 4.69) is 60.4 Å². The van der Waals surface area contributed by atoms with Gasteiger partial charge in [0.25, 0.3) is 0 Å². The lowest BCUT2D eigenvalue weighted by molar-refractivity contribution is 0.288. The number of ether oxygens (including phenoxy) is 2. The number of aryl methyl sites for hydroxylation is 1. The molecule has 0 fully saturated rings. The van der Waals surface area contributed by atoms with E-state index in [9.17, 15) is 0 Å². The van der Waals surface area contributed by atoms with E-state index in [0.29, 0.717) is 11.8 Å². The zero-order valence-electron chi connectivity index (χ0n) is 23.3. The minimum Gasteiger partial charge on any atom is -0.494 e. The highest BCUT2D eigenvalue weighted by Crippen LogP contribution is 2.29. The van der Waals surface area contributed by atoms with Gasteiger partial charge < -0.3 is 9.47 Å². The number of aromatic nitrogens is 1. The molecule has 0 aliphatic heterocycles. The highest BCUT2D eigenvalue weighted by Gasteiger charge is 2.06. The van der Waals surface area contributed by atoms with Crippen LogP contribution in [0.15, 0.2) is 79.0 Å². The zero-order valence-corrected chi connectivity index (χ0v) is 24.1. The summed E-state index contributed by atoms with van der Waals surface area (Å²) in [5, 5.41) is 2.45. The molecule has 4 aromatic rings. The molecule has 4 rings (SSSR count). The molecule has 0 radical (unpaired) electrons. The van der Waals surface area contributed by atoms with Crippen LogP contribution in [0.1, 0.15) is 76.7 Å². The quantitative estimate of drug-likeness (QED) is 0.0979. The first-order valence-corrected chi connectivity index (χ1v) is 15.1. The average Bonchev–Trinajstić information content (AvgIpc) is 2.98. The first kappa shape index (κ1) is 29.0. The maximum atomic E-state index is 6.20. The van der Waals surface area contributed by atoms with Gasteiger partial charge in [-0.2, -0.15) is 0 Å². The lowest BCUT2D eigenvalue weighted by Gasteiger charge is -2.10. The van der Waals surface area contributed by atoms with Crippen molar-refractivity contribution in [1.82, 2.24) is 4.98 Å². The molecule has 0 unspecified atom stereocenters. The molecule has 39 heavy (non-hydrogen) atoms. The summed E-state index contributed by atoms with van der Waals surface area (Å²) < 4.78 is 12.0. The third-order valence-corrected chi connectivity index (χ3v) is 7.54. The molecule has 0 aliphatic rings. The standard InChI is InChI=1S/C35H42ClNO2/c1-2-3-4-5-6-9-14-28-17-19-29(20-18-28)30-21-23-31(24-22-30)38-25-12-7-8-13-26-39-34-27-37-35(36)33-16-11-10-15-32(33)34/h10-11,15-24,27H,2-9,12-14,25-26H2,1H3. The van der Waals surface area contributed by atoms with Crippen LogP contribution in [0.3, 0.4) is 0 Å². The van der Waals surface area contributed by atoms with Gasteiger partial charge in [-0.15, -0.1) is 0 Å². The summed E-state index contributed by atoms with van der Waals surface area (Å²) in [6, 6.07) is 25.5. The third kappa shape index (κ3) is 9.28. The normalized spacial score (nSPS) is 11.1. The number of hydrogen-bond acceptors (Lipinski definition) is 3. The Balaban J connectivity index is 1.09. The molecular weight excluding hydrogens is 502 g/mol. The number of hydrogen-bond donors (Lipinski definition) is 0. The zero-order chi connectivity index (χ0) is 27.1. The van der Waals surface area contributed by atoms with Crippen molar-refractivity contribution in [3.8, 4) is 22.6 Å². The fourth-order valence-electron chi connectivity index (χ4n) is 4.89. The summed E-state index contributed by atoms with van der Waals surface area (Å²) in [5.41, 5.74) is 3.94. The van der Waals surface area contributed by atoms with Crippen molar-refractivity contribution >= 4 is 22.4 Å². The van der Waals surface area contributed by atoms with Gasteiger partial charge in [0.1, 0.15) is 16.7 Å². The Labute approximate surface area is 239 Å². The molecular formula is C35H42ClNO2. The summed E-state index contributed by atoms with van der Waals surface area (Å²) in [4.78, 5) is 4.24. The molecule has 4 heteroatoms. The van der Waals surface area contributed by atoms with Gasteiger partial charge in [-0.3, -0.25) is 0 Å². The molecule has 0 spiro atoms. The number of halogens is 1. The summed E-state index contributed by atoms with van der Waals surface area (Å²) in [6.07, 6.45) is 15.2. The molecule has 0 N–H and O–H groups in total. The highest BCUT2D eigenvalue weighted by atomic mass is 35.5. The van der Waals surface area contributed by atoms with Crippen molar-refractivity contribution in [2.24, 2.45) is 0 Å². The average molecular weight is 544 g/mol. The van der Waals surface area contributed by atoms with Gasteiger partial charge in [0.05, 0.1) is 19.4 Å². The fraction of sp³-hybridized carbons (Fsp3) is 0.400. The number of benzene rings is 3. The van der Waals surface area contributed by atoms with E-state index in [1.807, 2.05) is 24.3 Å². The van der Waals surface area contributed by atoms with Gasteiger partial charge in [-0.25, -0.2) is 4.98 Å². The highest BCUT2D eigenvalue weighted by molar-refractivity contribution is 6.34. The van der Waals surface area contributed by atoms with Crippen LogP contribution in [0.25, 0.3) is 21.9 Å². The van der Waals surface area contributed by atoms with Gasteiger partial charge in [0, 0.05) is 10.8 Å². The predicted octanol–water partition coefficient (Wildman–Crippen LogP) is 10.5. The van der Waals surface area contributed by atoms with Gasteiger partial charge >= 0.3 is 0 Å². The lowest BCUT2D eigenvalue weighted by atomic mass is 10.0. The van der Waals surface area contributed by atoms with Crippen molar-refractivity contribution in [2.45, 2.75) is 77.6 Å². The van der Waals surface area contributed by atoms with E-state index in [4.69, 9.17) is 21.1 Å². The Morgan fingerprint density at radius 2 is 1.21 bits per heavy atom. The van der Waals surface area contributed by atoms with E-state index in [1.54, 1.807) is 6.20 Å². The molecule has 0 amide bonds. The number of pyridine rings is 1. The fourth-order valence-corrected chi connectivity index (χ4v) is 5.11. The lowest BCUT2D eigenvalue weighted by Crippen LogP contribution is -2.00. The van der Waals surface area contributed by atoms with Gasteiger partial charge in [0.2, 0.25) is 0 Å². The molecule has 1 heterocycles. The SMILES string of the molecule is CCCCCCCCc1ccc(-c2ccc(OCCCCCCOc3cnc(Cl)c4ccccc34)cc2)cc1. The van der Waals surface area contributed by atoms with Crippen molar-refractivity contribution in [2.75, 3.05) is 13.2 Å². The van der Waals surface area contributed by atoms with E-state index in [0.717, 1.165) is 54.6 Å². The van der Waals surface area contributed by atoms with E-state index < -0.39 is 0 Å². The summed E-state index contributed by atoms with van der Waals surface area (Å²) in [7, 11) is 0. The third-order valence-electron chi connectivity index (χ3n) is 7.24. The predicted molar refractivity (Wildman–Crippen MR) is 165 cm³/mol. The summed E-state index contributed by atoms with van der Waals surface area (Å²) in [6.45, 7) is 3.68. The van der Waals surface area contributed by atoms with Crippen LogP contribution in [-0.4, -0.2) is 18.2 Å². The van der Waals surface area contributed by atoms with Crippen LogP contribution in [0, 0.1) is 0 Å². The minimum absolute atomic E-state index is 0.514. The largest absolute Gasteiger partial charge is 0.494 e. The first-order chi connectivity index (χ1) is 19.2. The molecule has 3 aromatic carbocycles. The molecule has 0 saturated carbocycles. The van der Waals surface area contributed by atoms with Crippen LogP contribution in [0.2, 0.25) is 5.15 Å². The summed E-state index contributed by atoms with van der Waals surface area (Å²) in [5.74, 6) is 1.73. The molecule has 1 aromatic heterocycles. The molecule has 206 valence electrons. The van der Waals surface area contributed by atoms with Gasteiger partial charge in [-0.05, 0) is 67.3 Å². The first-order valence-electron chi connectivity index (χ1n) is 14.7. The number of nitrogens with zero attached hydrogens (tertiary/aromatic N) is 1. The molecule has 0 aliphatic carbocycles. The van der Waals surface area contributed by atoms with Crippen LogP contribution >= 0.6 is 11.6 Å². The second-order valence-corrected chi connectivity index (χ2v) is 10.7. The Morgan fingerprint density at radius 3 is 1.92 bits per heavy atom. The maximum Gasteiger partial charge on any atom is 0.145 e. The second-order valence-electron chi connectivity index (χ2n) is 10.3. The van der Waals surface area contributed by atoms with Crippen LogP contribution < -0.4 is 9.47 Å². The van der Waals surface area contributed by atoms with E-state index >= 15 is 0 Å². The molecule has 0 saturated heterocycles. The number of unbranched alkanes of at least 4 members (excludes halogenated alkanes) is 8. The van der Waals surface area contributed by atoms with E-state index in [-0.39, 0.29) is 0 Å². The molecule has 0 bridgehead atoms. The number of rotatable bonds is 17. The Hall–Kier alpha value is -3.04. The maximum absolute atomic E-state index is 6.20.